The Morgan fingerprint density at radius 1 is 0.667 bits per heavy atom. The van der Waals surface area contributed by atoms with Crippen LogP contribution in [0.25, 0.3) is 39.5 Å². The van der Waals surface area contributed by atoms with Crippen molar-refractivity contribution in [3.63, 3.8) is 0 Å². The first kappa shape index (κ1) is 29.8. The lowest BCUT2D eigenvalue weighted by molar-refractivity contribution is 0.381. The van der Waals surface area contributed by atoms with Gasteiger partial charge in [-0.25, -0.2) is 31.6 Å². The van der Waals surface area contributed by atoms with E-state index in [0.29, 0.717) is 22.7 Å². The molecular formula is C35H27F5N4O. The maximum atomic E-state index is 15.4. The lowest BCUT2D eigenvalue weighted by Crippen LogP contribution is -2.15. The van der Waals surface area contributed by atoms with Gasteiger partial charge in [-0.2, -0.15) is 5.10 Å². The molecule has 0 aliphatic carbocycles. The van der Waals surface area contributed by atoms with Crippen LogP contribution in [0.5, 0.6) is 11.5 Å². The van der Waals surface area contributed by atoms with Gasteiger partial charge in [0, 0.05) is 47.6 Å². The van der Waals surface area contributed by atoms with Gasteiger partial charge in [-0.1, -0.05) is 69.3 Å². The van der Waals surface area contributed by atoms with E-state index in [-0.39, 0.29) is 17.0 Å². The Labute approximate surface area is 256 Å². The Balaban J connectivity index is 1.55. The summed E-state index contributed by atoms with van der Waals surface area (Å²) in [5.74, 6) is -8.43. The number of halogens is 5. The highest BCUT2D eigenvalue weighted by atomic mass is 19.2. The molecule has 0 saturated heterocycles. The summed E-state index contributed by atoms with van der Waals surface area (Å²) >= 11 is 0. The number of aryl methyl sites for hydroxylation is 1. The number of nitrogens with zero attached hydrogens (tertiary/aromatic N) is 4. The summed E-state index contributed by atoms with van der Waals surface area (Å²) in [6, 6.07) is 22.8. The predicted octanol–water partition coefficient (Wildman–Crippen LogP) is 9.39. The zero-order valence-electron chi connectivity index (χ0n) is 24.7. The van der Waals surface area contributed by atoms with Crippen LogP contribution in [0.2, 0.25) is 0 Å². The van der Waals surface area contributed by atoms with Crippen molar-refractivity contribution in [2.75, 3.05) is 0 Å². The van der Waals surface area contributed by atoms with Crippen molar-refractivity contribution in [3.8, 4) is 51.0 Å². The van der Waals surface area contributed by atoms with Crippen molar-refractivity contribution in [2.24, 2.45) is 7.05 Å². The number of rotatable bonds is 6. The Bertz CT molecular complexity index is 2010. The maximum Gasteiger partial charge on any atom is 0.200 e. The van der Waals surface area contributed by atoms with Crippen LogP contribution in [0.1, 0.15) is 26.5 Å². The molecular weight excluding hydrogens is 587 g/mol. The lowest BCUT2D eigenvalue weighted by Gasteiger charge is -2.19. The molecule has 0 bridgehead atoms. The first-order valence-electron chi connectivity index (χ1n) is 14.0. The molecule has 0 aliphatic rings. The van der Waals surface area contributed by atoms with E-state index in [1.54, 1.807) is 87.6 Å². The van der Waals surface area contributed by atoms with Gasteiger partial charge < -0.3 is 9.30 Å². The molecule has 4 aromatic carbocycles. The molecule has 0 N–H and O–H groups in total. The third kappa shape index (κ3) is 5.37. The molecule has 6 aromatic rings. The highest BCUT2D eigenvalue weighted by Gasteiger charge is 2.35. The van der Waals surface area contributed by atoms with Gasteiger partial charge in [0.05, 0.1) is 22.6 Å². The fourth-order valence-corrected chi connectivity index (χ4v) is 5.21. The molecule has 10 heteroatoms. The summed E-state index contributed by atoms with van der Waals surface area (Å²) in [6.45, 7) is 5.24. The second-order valence-electron chi connectivity index (χ2n) is 11.5. The van der Waals surface area contributed by atoms with Crippen LogP contribution in [-0.4, -0.2) is 19.3 Å². The minimum absolute atomic E-state index is 0.138. The molecule has 0 saturated carbocycles. The highest BCUT2D eigenvalue weighted by Crippen LogP contribution is 2.45. The maximum absolute atomic E-state index is 15.4. The Morgan fingerprint density at radius 2 is 1.27 bits per heavy atom. The van der Waals surface area contributed by atoms with Crippen molar-refractivity contribution >= 4 is 0 Å². The summed E-state index contributed by atoms with van der Waals surface area (Å²) < 4.78 is 83.7. The molecule has 0 unspecified atom stereocenters. The van der Waals surface area contributed by atoms with Gasteiger partial charge in [-0.05, 0) is 24.3 Å². The molecule has 5 nitrogen and oxygen atoms in total. The van der Waals surface area contributed by atoms with E-state index in [2.05, 4.69) is 4.98 Å². The average molecular weight is 615 g/mol. The van der Waals surface area contributed by atoms with Crippen LogP contribution in [-0.2, 0) is 12.5 Å². The number of ether oxygens (including phenoxy) is 1. The van der Waals surface area contributed by atoms with Crippen LogP contribution in [0.3, 0.4) is 0 Å². The molecule has 0 amide bonds. The van der Waals surface area contributed by atoms with E-state index >= 15 is 8.78 Å². The van der Waals surface area contributed by atoms with Crippen molar-refractivity contribution in [3.05, 3.63) is 126 Å². The quantitative estimate of drug-likeness (QED) is 0.107. The topological polar surface area (TPSA) is 44.9 Å². The Kier molecular flexibility index (Phi) is 7.52. The minimum Gasteiger partial charge on any atom is -0.457 e. The zero-order chi connectivity index (χ0) is 32.0. The molecule has 0 radical (unpaired) electrons. The van der Waals surface area contributed by atoms with Crippen LogP contribution < -0.4 is 4.74 Å². The highest BCUT2D eigenvalue weighted by molar-refractivity contribution is 5.85. The zero-order valence-corrected chi connectivity index (χ0v) is 24.7. The predicted molar refractivity (Wildman–Crippen MR) is 162 cm³/mol. The second-order valence-corrected chi connectivity index (χ2v) is 11.5. The van der Waals surface area contributed by atoms with Gasteiger partial charge in [0.25, 0.3) is 0 Å². The molecule has 0 fully saturated rings. The summed E-state index contributed by atoms with van der Waals surface area (Å²) in [5, 5.41) is 4.75. The van der Waals surface area contributed by atoms with Gasteiger partial charge in [0.15, 0.2) is 23.3 Å². The second kappa shape index (κ2) is 11.4. The average Bonchev–Trinajstić information content (AvgIpc) is 3.64. The number of hydrogen-bond acceptors (Lipinski definition) is 3. The molecule has 228 valence electrons. The first-order chi connectivity index (χ1) is 21.5. The SMILES string of the molecule is Cn1ccnc1-c1cccc(Oc2cccc(-n3nc(C(C)(C)C)c(-c4c(F)c(F)c(F)c(F)c4F)c3-c3ccccc3)c2)c1. The van der Waals surface area contributed by atoms with Gasteiger partial charge >= 0.3 is 0 Å². The van der Waals surface area contributed by atoms with Gasteiger partial charge in [0.1, 0.15) is 17.3 Å². The van der Waals surface area contributed by atoms with Crippen molar-refractivity contribution in [1.29, 1.82) is 0 Å². The summed E-state index contributed by atoms with van der Waals surface area (Å²) in [5.41, 5.74) is -0.0893. The van der Waals surface area contributed by atoms with Gasteiger partial charge in [-0.15, -0.1) is 0 Å². The molecule has 0 spiro atoms. The number of imidazole rings is 1. The molecule has 0 atom stereocenters. The smallest absolute Gasteiger partial charge is 0.200 e. The Morgan fingerprint density at radius 3 is 1.89 bits per heavy atom. The van der Waals surface area contributed by atoms with Crippen molar-refractivity contribution in [2.45, 2.75) is 26.2 Å². The van der Waals surface area contributed by atoms with Gasteiger partial charge in [0.2, 0.25) is 5.82 Å². The number of benzene rings is 4. The molecule has 2 aromatic heterocycles. The Hall–Kier alpha value is -5.25. The fourth-order valence-electron chi connectivity index (χ4n) is 5.21. The van der Waals surface area contributed by atoms with E-state index in [9.17, 15) is 13.2 Å². The molecule has 2 heterocycles. The summed E-state index contributed by atoms with van der Waals surface area (Å²) in [7, 11) is 1.89. The van der Waals surface area contributed by atoms with Crippen LogP contribution in [0, 0.1) is 29.1 Å². The summed E-state index contributed by atoms with van der Waals surface area (Å²) in [4.78, 5) is 4.38. The monoisotopic (exact) mass is 614 g/mol. The third-order valence-electron chi connectivity index (χ3n) is 7.31. The standard InChI is InChI=1S/C35H27F5N4O/c1-35(2,3)33-26(25-27(36)29(38)31(40)30(39)28(25)37)32(20-10-6-5-7-11-20)44(42-33)22-13-9-15-24(19-22)45-23-14-8-12-21(18-23)34-41-16-17-43(34)4/h5-19H,1-4H3. The normalized spacial score (nSPS) is 11.7. The van der Waals surface area contributed by atoms with E-state index in [0.717, 1.165) is 11.4 Å². The van der Waals surface area contributed by atoms with E-state index in [1.807, 2.05) is 36.0 Å². The van der Waals surface area contributed by atoms with E-state index in [1.165, 1.54) is 4.68 Å². The van der Waals surface area contributed by atoms with E-state index in [4.69, 9.17) is 9.84 Å². The van der Waals surface area contributed by atoms with Crippen molar-refractivity contribution < 1.29 is 26.7 Å². The third-order valence-corrected chi connectivity index (χ3v) is 7.31. The van der Waals surface area contributed by atoms with Crippen molar-refractivity contribution in [1.82, 2.24) is 19.3 Å². The number of aromatic nitrogens is 4. The van der Waals surface area contributed by atoms with Gasteiger partial charge in [-0.3, -0.25) is 0 Å². The largest absolute Gasteiger partial charge is 0.457 e. The minimum atomic E-state index is -2.23. The lowest BCUT2D eigenvalue weighted by atomic mass is 9.85. The summed E-state index contributed by atoms with van der Waals surface area (Å²) in [6.07, 6.45) is 3.54. The fraction of sp³-hybridized carbons (Fsp3) is 0.143. The first-order valence-corrected chi connectivity index (χ1v) is 14.0. The molecule has 6 rings (SSSR count). The van der Waals surface area contributed by atoms with Crippen LogP contribution >= 0.6 is 0 Å². The number of hydrogen-bond donors (Lipinski definition) is 0. The van der Waals surface area contributed by atoms with Crippen LogP contribution in [0.4, 0.5) is 22.0 Å². The molecule has 0 aliphatic heterocycles. The van der Waals surface area contributed by atoms with Crippen LogP contribution in [0.15, 0.2) is 91.3 Å². The molecule has 45 heavy (non-hydrogen) atoms. The van der Waals surface area contributed by atoms with E-state index < -0.39 is 40.1 Å².